The number of pyridine rings is 1. The standard InChI is InChI=1S/C25H22F3N5O2/c1-14-21-19(17-9-20(34)31(2)12-18(17)15-7-5-4-6-8-15)13-32(3)24(35)23(21)30-22(14)16-10-29-33(11-16)25(26,27)28/h4-13,20,30,34H,1-3H3. The lowest BCUT2D eigenvalue weighted by molar-refractivity contribution is -0.212. The van der Waals surface area contributed by atoms with Crippen molar-refractivity contribution in [1.82, 2.24) is 24.2 Å². The van der Waals surface area contributed by atoms with E-state index >= 15 is 0 Å². The Kier molecular flexibility index (Phi) is 5.21. The van der Waals surface area contributed by atoms with Crippen LogP contribution in [0.1, 0.15) is 16.7 Å². The second-order valence-electron chi connectivity index (χ2n) is 8.54. The minimum atomic E-state index is -4.65. The first-order valence-corrected chi connectivity index (χ1v) is 10.8. The molecule has 7 nitrogen and oxygen atoms in total. The van der Waals surface area contributed by atoms with Gasteiger partial charge >= 0.3 is 6.30 Å². The maximum atomic E-state index is 13.1. The fourth-order valence-electron chi connectivity index (χ4n) is 4.46. The number of likely N-dealkylation sites (N-methyl/N-ethyl adjacent to an activating group) is 1. The molecule has 0 aliphatic carbocycles. The molecule has 3 aromatic heterocycles. The Bertz CT molecular complexity index is 1560. The highest BCUT2D eigenvalue weighted by atomic mass is 19.4. The number of aliphatic hydroxyl groups is 1. The minimum Gasteiger partial charge on any atom is -0.370 e. The Balaban J connectivity index is 1.76. The first kappa shape index (κ1) is 22.7. The van der Waals surface area contributed by atoms with E-state index in [1.54, 1.807) is 38.2 Å². The Labute approximate surface area is 198 Å². The average Bonchev–Trinajstić information content (AvgIpc) is 3.44. The Morgan fingerprint density at radius 3 is 2.43 bits per heavy atom. The van der Waals surface area contributed by atoms with Crippen LogP contribution in [0, 0.1) is 6.92 Å². The average molecular weight is 481 g/mol. The fourth-order valence-corrected chi connectivity index (χ4v) is 4.46. The van der Waals surface area contributed by atoms with Crippen molar-refractivity contribution in [1.29, 1.82) is 0 Å². The van der Waals surface area contributed by atoms with Crippen molar-refractivity contribution < 1.29 is 18.3 Å². The molecule has 1 atom stereocenters. The number of hydrogen-bond donors (Lipinski definition) is 2. The maximum Gasteiger partial charge on any atom is 0.504 e. The Morgan fingerprint density at radius 2 is 1.77 bits per heavy atom. The van der Waals surface area contributed by atoms with Crippen molar-refractivity contribution in [2.24, 2.45) is 7.05 Å². The van der Waals surface area contributed by atoms with Gasteiger partial charge in [-0.1, -0.05) is 30.3 Å². The molecular formula is C25H22F3N5O2. The molecule has 1 aliphatic rings. The zero-order valence-corrected chi connectivity index (χ0v) is 19.1. The first-order chi connectivity index (χ1) is 16.6. The summed E-state index contributed by atoms with van der Waals surface area (Å²) in [7, 11) is 3.37. The molecule has 1 aromatic carbocycles. The molecule has 0 fully saturated rings. The molecule has 0 spiro atoms. The quantitative estimate of drug-likeness (QED) is 0.460. The van der Waals surface area contributed by atoms with E-state index in [0.717, 1.165) is 23.5 Å². The summed E-state index contributed by atoms with van der Waals surface area (Å²) in [5, 5.41) is 14.6. The van der Waals surface area contributed by atoms with Crippen molar-refractivity contribution >= 4 is 22.0 Å². The van der Waals surface area contributed by atoms with E-state index in [0.29, 0.717) is 27.8 Å². The summed E-state index contributed by atoms with van der Waals surface area (Å²) in [6, 6.07) is 9.62. The van der Waals surface area contributed by atoms with Crippen LogP contribution in [0.5, 0.6) is 0 Å². The van der Waals surface area contributed by atoms with Gasteiger partial charge in [-0.2, -0.15) is 9.78 Å². The number of H-pyrrole nitrogens is 1. The first-order valence-electron chi connectivity index (χ1n) is 10.8. The lowest BCUT2D eigenvalue weighted by atomic mass is 9.89. The van der Waals surface area contributed by atoms with E-state index in [4.69, 9.17) is 0 Å². The summed E-state index contributed by atoms with van der Waals surface area (Å²) in [4.78, 5) is 17.7. The van der Waals surface area contributed by atoms with Gasteiger partial charge in [-0.25, -0.2) is 0 Å². The number of benzene rings is 1. The predicted molar refractivity (Wildman–Crippen MR) is 127 cm³/mol. The molecule has 180 valence electrons. The van der Waals surface area contributed by atoms with E-state index in [9.17, 15) is 23.1 Å². The van der Waals surface area contributed by atoms with E-state index in [1.165, 1.54) is 4.57 Å². The van der Waals surface area contributed by atoms with Crippen molar-refractivity contribution in [2.45, 2.75) is 19.5 Å². The molecule has 0 bridgehead atoms. The van der Waals surface area contributed by atoms with E-state index in [2.05, 4.69) is 10.1 Å². The number of fused-ring (bicyclic) bond motifs is 1. The van der Waals surface area contributed by atoms with Crippen LogP contribution in [0.25, 0.3) is 33.3 Å². The van der Waals surface area contributed by atoms with E-state index in [-0.39, 0.29) is 21.3 Å². The normalized spacial score (nSPS) is 16.5. The number of aromatic amines is 1. The molecule has 4 aromatic rings. The van der Waals surface area contributed by atoms with Gasteiger partial charge in [0.2, 0.25) is 0 Å². The van der Waals surface area contributed by atoms with Crippen molar-refractivity contribution in [3.05, 3.63) is 88.2 Å². The molecule has 0 saturated carbocycles. The second kappa shape index (κ2) is 8.02. The summed E-state index contributed by atoms with van der Waals surface area (Å²) in [5.41, 5.74) is 4.27. The molecule has 0 amide bonds. The van der Waals surface area contributed by atoms with Crippen LogP contribution in [0.2, 0.25) is 0 Å². The molecular weight excluding hydrogens is 459 g/mol. The molecule has 35 heavy (non-hydrogen) atoms. The lowest BCUT2D eigenvalue weighted by Gasteiger charge is -2.28. The summed E-state index contributed by atoms with van der Waals surface area (Å²) >= 11 is 0. The third kappa shape index (κ3) is 3.75. The molecule has 4 heterocycles. The number of nitrogens with one attached hydrogen (secondary N) is 1. The highest BCUT2D eigenvalue weighted by Crippen LogP contribution is 2.40. The topological polar surface area (TPSA) is 79.1 Å². The number of halogens is 3. The summed E-state index contributed by atoms with van der Waals surface area (Å²) in [6.45, 7) is 1.75. The molecule has 0 radical (unpaired) electrons. The maximum absolute atomic E-state index is 13.1. The number of aryl methyl sites for hydroxylation is 2. The monoisotopic (exact) mass is 481 g/mol. The van der Waals surface area contributed by atoms with Gasteiger partial charge in [0.25, 0.3) is 5.56 Å². The smallest absolute Gasteiger partial charge is 0.370 e. The Hall–Kier alpha value is -4.05. The number of alkyl halides is 3. The van der Waals surface area contributed by atoms with Crippen molar-refractivity contribution in [3.63, 3.8) is 0 Å². The van der Waals surface area contributed by atoms with Crippen LogP contribution in [-0.4, -0.2) is 42.6 Å². The number of aromatic nitrogens is 4. The molecule has 5 rings (SSSR count). The van der Waals surface area contributed by atoms with Crippen LogP contribution in [0.15, 0.2) is 66.0 Å². The molecule has 1 unspecified atom stereocenters. The van der Waals surface area contributed by atoms with Gasteiger partial charge in [0.15, 0.2) is 0 Å². The predicted octanol–water partition coefficient (Wildman–Crippen LogP) is 4.20. The van der Waals surface area contributed by atoms with Gasteiger partial charge in [0, 0.05) is 54.8 Å². The fraction of sp³-hybridized carbons (Fsp3) is 0.200. The van der Waals surface area contributed by atoms with E-state index < -0.39 is 12.5 Å². The zero-order valence-electron chi connectivity index (χ0n) is 19.1. The SMILES string of the molecule is Cc1c(-c2cnn(C(F)(F)F)c2)[nH]c2c(=O)n(C)cc(C3=CC(O)N(C)C=C3c3ccccc3)c12. The molecule has 2 N–H and O–H groups in total. The molecule has 0 saturated heterocycles. The van der Waals surface area contributed by atoms with Crippen molar-refractivity contribution in [2.75, 3.05) is 7.05 Å². The zero-order chi connectivity index (χ0) is 25.1. The van der Waals surface area contributed by atoms with Crippen LogP contribution in [0.4, 0.5) is 13.2 Å². The van der Waals surface area contributed by atoms with Crippen LogP contribution >= 0.6 is 0 Å². The number of aliphatic hydroxyl groups excluding tert-OH is 1. The third-order valence-electron chi connectivity index (χ3n) is 6.24. The largest absolute Gasteiger partial charge is 0.504 e. The van der Waals surface area contributed by atoms with Gasteiger partial charge in [-0.3, -0.25) is 4.79 Å². The minimum absolute atomic E-state index is 0.0710. The lowest BCUT2D eigenvalue weighted by Crippen LogP contribution is -2.28. The summed E-state index contributed by atoms with van der Waals surface area (Å²) in [6.07, 6.45) is 1.68. The van der Waals surface area contributed by atoms with Crippen LogP contribution in [0.3, 0.4) is 0 Å². The van der Waals surface area contributed by atoms with Gasteiger partial charge < -0.3 is 19.6 Å². The molecule has 10 heteroatoms. The number of hydrogen-bond acceptors (Lipinski definition) is 4. The summed E-state index contributed by atoms with van der Waals surface area (Å²) in [5.74, 6) is 0. The highest BCUT2D eigenvalue weighted by molar-refractivity contribution is 6.12. The highest BCUT2D eigenvalue weighted by Gasteiger charge is 2.32. The number of nitrogens with zero attached hydrogens (tertiary/aromatic N) is 4. The Morgan fingerprint density at radius 1 is 1.06 bits per heavy atom. The van der Waals surface area contributed by atoms with Gasteiger partial charge in [-0.05, 0) is 29.7 Å². The van der Waals surface area contributed by atoms with Crippen molar-refractivity contribution in [3.8, 4) is 11.3 Å². The van der Waals surface area contributed by atoms with Crippen LogP contribution < -0.4 is 5.56 Å². The second-order valence-corrected chi connectivity index (χ2v) is 8.54. The summed E-state index contributed by atoms with van der Waals surface area (Å²) < 4.78 is 40.7. The van der Waals surface area contributed by atoms with Crippen LogP contribution in [-0.2, 0) is 13.3 Å². The number of rotatable bonds is 3. The van der Waals surface area contributed by atoms with Gasteiger partial charge in [0.05, 0.1) is 11.9 Å². The molecule has 1 aliphatic heterocycles. The third-order valence-corrected chi connectivity index (χ3v) is 6.24. The number of allylic oxidation sites excluding steroid dienone is 2. The van der Waals surface area contributed by atoms with Gasteiger partial charge in [0.1, 0.15) is 11.7 Å². The van der Waals surface area contributed by atoms with E-state index in [1.807, 2.05) is 36.5 Å². The van der Waals surface area contributed by atoms with Gasteiger partial charge in [-0.15, -0.1) is 13.2 Å².